The van der Waals surface area contributed by atoms with Crippen LogP contribution in [0.25, 0.3) is 0 Å². The monoisotopic (exact) mass is 535 g/mol. The molecule has 1 spiro atoms. The van der Waals surface area contributed by atoms with E-state index in [1.807, 2.05) is 35.2 Å². The minimum Gasteiger partial charge on any atom is -0.494 e. The van der Waals surface area contributed by atoms with Gasteiger partial charge in [0, 0.05) is 26.1 Å². The van der Waals surface area contributed by atoms with Crippen LogP contribution in [0.15, 0.2) is 30.3 Å². The number of hydrogen-bond acceptors (Lipinski definition) is 5. The summed E-state index contributed by atoms with van der Waals surface area (Å²) in [5.74, 6) is 0.901. The summed E-state index contributed by atoms with van der Waals surface area (Å²) in [6.45, 7) is 6.06. The number of amides is 2. The van der Waals surface area contributed by atoms with Gasteiger partial charge in [-0.3, -0.25) is 9.59 Å². The van der Waals surface area contributed by atoms with Crippen molar-refractivity contribution >= 4 is 24.2 Å². The summed E-state index contributed by atoms with van der Waals surface area (Å²) in [6, 6.07) is 9.30. The smallest absolute Gasteiger partial charge is 0.246 e. The highest BCUT2D eigenvalue weighted by atomic mass is 35.5. The van der Waals surface area contributed by atoms with Crippen LogP contribution in [0.2, 0.25) is 0 Å². The first-order valence-electron chi connectivity index (χ1n) is 14.2. The molecule has 1 aliphatic carbocycles. The van der Waals surface area contributed by atoms with Gasteiger partial charge in [0.05, 0.1) is 12.2 Å². The van der Waals surface area contributed by atoms with Crippen molar-refractivity contribution < 1.29 is 19.4 Å². The number of nitrogens with zero attached hydrogens (tertiary/aromatic N) is 2. The summed E-state index contributed by atoms with van der Waals surface area (Å²) in [6.07, 6.45) is 10.1. The van der Waals surface area contributed by atoms with E-state index in [1.165, 1.54) is 0 Å². The second kappa shape index (κ2) is 13.8. The van der Waals surface area contributed by atoms with Crippen molar-refractivity contribution in [1.82, 2.24) is 15.1 Å². The van der Waals surface area contributed by atoms with Crippen LogP contribution in [-0.2, 0) is 9.59 Å². The van der Waals surface area contributed by atoms with E-state index < -0.39 is 17.2 Å². The van der Waals surface area contributed by atoms with E-state index in [9.17, 15) is 14.7 Å². The fourth-order valence-corrected chi connectivity index (χ4v) is 6.24. The number of piperidine rings is 1. The number of nitrogens with one attached hydrogen (secondary N) is 1. The molecule has 2 amide bonds. The highest BCUT2D eigenvalue weighted by Crippen LogP contribution is 2.37. The Balaban J connectivity index is 0.00000380. The number of rotatable bonds is 11. The molecule has 2 heterocycles. The molecule has 0 bridgehead atoms. The summed E-state index contributed by atoms with van der Waals surface area (Å²) < 4.78 is 5.80. The van der Waals surface area contributed by atoms with Crippen molar-refractivity contribution in [2.24, 2.45) is 0 Å². The Hall–Kier alpha value is -1.83. The van der Waals surface area contributed by atoms with Gasteiger partial charge >= 0.3 is 0 Å². The number of ether oxygens (including phenoxy) is 1. The van der Waals surface area contributed by atoms with Gasteiger partial charge in [-0.2, -0.15) is 0 Å². The SMILES string of the molecule is CCCCN1C(=O)[C@@H](CC2(O)CCCCC2)NC(=O)C12CCN(CCCCOc1ccccc1)CC2.Cl. The molecule has 2 saturated heterocycles. The Morgan fingerprint density at radius 3 is 2.35 bits per heavy atom. The molecule has 208 valence electrons. The molecular weight excluding hydrogens is 490 g/mol. The van der Waals surface area contributed by atoms with Crippen molar-refractivity contribution in [3.05, 3.63) is 30.3 Å². The molecule has 3 aliphatic rings. The normalized spacial score (nSPS) is 23.4. The van der Waals surface area contributed by atoms with Gasteiger partial charge in [0.15, 0.2) is 0 Å². The molecule has 8 heteroatoms. The van der Waals surface area contributed by atoms with E-state index >= 15 is 0 Å². The van der Waals surface area contributed by atoms with Gasteiger partial charge in [-0.05, 0) is 63.6 Å². The molecule has 1 atom stereocenters. The number of piperazine rings is 1. The molecule has 4 rings (SSSR count). The average molecular weight is 536 g/mol. The number of hydrogen-bond donors (Lipinski definition) is 2. The van der Waals surface area contributed by atoms with Gasteiger partial charge in [0.1, 0.15) is 17.3 Å². The Bertz CT molecular complexity index is 854. The minimum absolute atomic E-state index is 0. The number of carbonyl (C=O) groups is 2. The molecule has 0 aromatic heterocycles. The molecule has 7 nitrogen and oxygen atoms in total. The van der Waals surface area contributed by atoms with Crippen molar-refractivity contribution in [2.75, 3.05) is 32.8 Å². The molecular formula is C29H46ClN3O4. The van der Waals surface area contributed by atoms with Gasteiger partial charge in [0.2, 0.25) is 11.8 Å². The third-order valence-corrected chi connectivity index (χ3v) is 8.48. The van der Waals surface area contributed by atoms with Crippen LogP contribution >= 0.6 is 12.4 Å². The lowest BCUT2D eigenvalue weighted by Gasteiger charge is -2.52. The summed E-state index contributed by atoms with van der Waals surface area (Å²) in [7, 11) is 0. The fourth-order valence-electron chi connectivity index (χ4n) is 6.24. The summed E-state index contributed by atoms with van der Waals surface area (Å²) >= 11 is 0. The van der Waals surface area contributed by atoms with Gasteiger partial charge in [0.25, 0.3) is 0 Å². The van der Waals surface area contributed by atoms with Gasteiger partial charge in [-0.1, -0.05) is 50.8 Å². The lowest BCUT2D eigenvalue weighted by Crippen LogP contribution is -2.73. The number of unbranched alkanes of at least 4 members (excludes halogenated alkanes) is 2. The van der Waals surface area contributed by atoms with Crippen LogP contribution in [0, 0.1) is 0 Å². The van der Waals surface area contributed by atoms with Crippen LogP contribution in [0.1, 0.15) is 84.0 Å². The Kier molecular flexibility index (Phi) is 11.1. The van der Waals surface area contributed by atoms with E-state index in [0.29, 0.717) is 32.4 Å². The Morgan fingerprint density at radius 2 is 1.68 bits per heavy atom. The van der Waals surface area contributed by atoms with E-state index in [4.69, 9.17) is 4.74 Å². The first-order valence-corrected chi connectivity index (χ1v) is 14.2. The maximum Gasteiger partial charge on any atom is 0.246 e. The third-order valence-electron chi connectivity index (χ3n) is 8.48. The summed E-state index contributed by atoms with van der Waals surface area (Å²) in [5.41, 5.74) is -1.58. The summed E-state index contributed by atoms with van der Waals surface area (Å²) in [5, 5.41) is 14.1. The van der Waals surface area contributed by atoms with Crippen LogP contribution < -0.4 is 10.1 Å². The molecule has 1 aromatic rings. The van der Waals surface area contributed by atoms with E-state index in [-0.39, 0.29) is 24.2 Å². The number of aliphatic hydroxyl groups is 1. The van der Waals surface area contributed by atoms with Gasteiger partial charge in [-0.25, -0.2) is 0 Å². The molecule has 3 fully saturated rings. The molecule has 0 radical (unpaired) electrons. The molecule has 2 N–H and O–H groups in total. The zero-order chi connectivity index (χ0) is 25.4. The van der Waals surface area contributed by atoms with Crippen LogP contribution in [-0.4, -0.2) is 76.7 Å². The third kappa shape index (κ3) is 7.39. The maximum absolute atomic E-state index is 13.7. The standard InChI is InChI=1S/C29H45N3O4.ClH/c1-2-3-19-32-26(33)25(23-28(35)14-8-5-9-15-28)30-27(34)29(32)16-20-31(21-17-29)18-10-11-22-36-24-12-6-4-7-13-24;/h4,6-7,12-13,25,35H,2-3,5,8-11,14-23H2,1H3,(H,30,34);1H/t25-;/m1./s1. The van der Waals surface area contributed by atoms with E-state index in [2.05, 4.69) is 17.1 Å². The molecule has 1 aromatic carbocycles. The molecule has 2 aliphatic heterocycles. The van der Waals surface area contributed by atoms with E-state index in [0.717, 1.165) is 83.2 Å². The quantitative estimate of drug-likeness (QED) is 0.412. The lowest BCUT2D eigenvalue weighted by atomic mass is 9.77. The summed E-state index contributed by atoms with van der Waals surface area (Å²) in [4.78, 5) is 31.6. The number of carbonyl (C=O) groups excluding carboxylic acids is 2. The van der Waals surface area contributed by atoms with Crippen molar-refractivity contribution in [3.8, 4) is 5.75 Å². The van der Waals surface area contributed by atoms with Crippen LogP contribution in [0.3, 0.4) is 0 Å². The fraction of sp³-hybridized carbons (Fsp3) is 0.724. The van der Waals surface area contributed by atoms with Crippen molar-refractivity contribution in [1.29, 1.82) is 0 Å². The van der Waals surface area contributed by atoms with Crippen LogP contribution in [0.4, 0.5) is 0 Å². The first-order chi connectivity index (χ1) is 17.5. The minimum atomic E-state index is -0.833. The Labute approximate surface area is 228 Å². The predicted octanol–water partition coefficient (Wildman–Crippen LogP) is 4.31. The largest absolute Gasteiger partial charge is 0.494 e. The average Bonchev–Trinajstić information content (AvgIpc) is 2.89. The molecule has 37 heavy (non-hydrogen) atoms. The Morgan fingerprint density at radius 1 is 0.973 bits per heavy atom. The maximum atomic E-state index is 13.7. The highest BCUT2D eigenvalue weighted by Gasteiger charge is 2.54. The topological polar surface area (TPSA) is 82.1 Å². The van der Waals surface area contributed by atoms with Crippen molar-refractivity contribution in [3.63, 3.8) is 0 Å². The van der Waals surface area contributed by atoms with Gasteiger partial charge in [-0.15, -0.1) is 12.4 Å². The van der Waals surface area contributed by atoms with E-state index in [1.54, 1.807) is 0 Å². The number of halogens is 1. The lowest BCUT2D eigenvalue weighted by molar-refractivity contribution is -0.163. The molecule has 1 saturated carbocycles. The first kappa shape index (κ1) is 29.7. The zero-order valence-electron chi connectivity index (χ0n) is 22.5. The van der Waals surface area contributed by atoms with Crippen molar-refractivity contribution in [2.45, 2.75) is 101 Å². The number of likely N-dealkylation sites (tertiary alicyclic amines) is 1. The zero-order valence-corrected chi connectivity index (χ0v) is 23.3. The number of para-hydroxylation sites is 1. The predicted molar refractivity (Wildman–Crippen MR) is 148 cm³/mol. The van der Waals surface area contributed by atoms with Gasteiger partial charge < -0.3 is 25.0 Å². The molecule has 0 unspecified atom stereocenters. The second-order valence-corrected chi connectivity index (χ2v) is 11.1. The van der Waals surface area contributed by atoms with Crippen LogP contribution in [0.5, 0.6) is 5.75 Å². The highest BCUT2D eigenvalue weighted by molar-refractivity contribution is 6.00. The number of benzene rings is 1. The second-order valence-electron chi connectivity index (χ2n) is 11.1.